The van der Waals surface area contributed by atoms with Gasteiger partial charge in [-0.3, -0.25) is 9.59 Å². The molecule has 0 aromatic carbocycles. The second kappa shape index (κ2) is 6.24. The Hall–Kier alpha value is -1.01. The van der Waals surface area contributed by atoms with E-state index in [1.165, 1.54) is 0 Å². The van der Waals surface area contributed by atoms with Gasteiger partial charge >= 0.3 is 0 Å². The summed E-state index contributed by atoms with van der Waals surface area (Å²) >= 11 is 4.78. The lowest BCUT2D eigenvalue weighted by atomic mass is 9.73. The normalized spacial score (nSPS) is 20.3. The van der Waals surface area contributed by atoms with Crippen LogP contribution in [0.4, 0.5) is 0 Å². The number of nitrogens with one attached hydrogen (secondary N) is 2. The Morgan fingerprint density at radius 1 is 1.33 bits per heavy atom. The molecule has 0 unspecified atom stereocenters. The standard InChI is InChI=1S/C12H20N2O3S/c1-3-4-8(2)7-12(5-6-15)9(16)13-11(18)14-10(12)17/h8,15H,3-7H2,1-2H3,(H2,13,14,16,17,18)/t8-/m0/s1. The van der Waals surface area contributed by atoms with Gasteiger partial charge in [0.05, 0.1) is 0 Å². The summed E-state index contributed by atoms with van der Waals surface area (Å²) in [4.78, 5) is 24.2. The zero-order valence-corrected chi connectivity index (χ0v) is 11.6. The van der Waals surface area contributed by atoms with Crippen LogP contribution in [0.3, 0.4) is 0 Å². The van der Waals surface area contributed by atoms with E-state index in [-0.39, 0.29) is 24.1 Å². The fourth-order valence-electron chi connectivity index (χ4n) is 2.47. The third-order valence-corrected chi connectivity index (χ3v) is 3.54. The van der Waals surface area contributed by atoms with Gasteiger partial charge in [0.25, 0.3) is 0 Å². The highest BCUT2D eigenvalue weighted by molar-refractivity contribution is 7.80. The molecule has 0 saturated carbocycles. The van der Waals surface area contributed by atoms with E-state index >= 15 is 0 Å². The van der Waals surface area contributed by atoms with Crippen molar-refractivity contribution < 1.29 is 14.7 Å². The van der Waals surface area contributed by atoms with Crippen molar-refractivity contribution in [2.45, 2.75) is 39.5 Å². The number of amides is 2. The van der Waals surface area contributed by atoms with Gasteiger partial charge in [0, 0.05) is 6.61 Å². The molecule has 3 N–H and O–H groups in total. The zero-order valence-electron chi connectivity index (χ0n) is 10.8. The van der Waals surface area contributed by atoms with E-state index in [2.05, 4.69) is 17.6 Å². The smallest absolute Gasteiger partial charge is 0.241 e. The predicted octanol–water partition coefficient (Wildman–Crippen LogP) is 0.712. The summed E-state index contributed by atoms with van der Waals surface area (Å²) in [6.07, 6.45) is 2.50. The number of carbonyl (C=O) groups is 2. The van der Waals surface area contributed by atoms with Gasteiger partial charge in [-0.15, -0.1) is 0 Å². The highest BCUT2D eigenvalue weighted by Gasteiger charge is 2.49. The molecule has 0 aliphatic carbocycles. The first-order valence-electron chi connectivity index (χ1n) is 6.24. The van der Waals surface area contributed by atoms with E-state index in [9.17, 15) is 9.59 Å². The van der Waals surface area contributed by atoms with Crippen molar-refractivity contribution in [3.8, 4) is 0 Å². The molecule has 0 aromatic rings. The number of thiocarbonyl (C=S) groups is 1. The van der Waals surface area contributed by atoms with Crippen LogP contribution in [0.5, 0.6) is 0 Å². The molecule has 102 valence electrons. The molecule has 2 amide bonds. The summed E-state index contributed by atoms with van der Waals surface area (Å²) < 4.78 is 0. The number of hydrogen-bond donors (Lipinski definition) is 3. The third-order valence-electron chi connectivity index (χ3n) is 3.34. The van der Waals surface area contributed by atoms with Crippen LogP contribution in [0.15, 0.2) is 0 Å². The van der Waals surface area contributed by atoms with Gasteiger partial charge in [-0.25, -0.2) is 0 Å². The Morgan fingerprint density at radius 3 is 2.33 bits per heavy atom. The van der Waals surface area contributed by atoms with Crippen LogP contribution in [-0.4, -0.2) is 28.6 Å². The minimum atomic E-state index is -1.19. The summed E-state index contributed by atoms with van der Waals surface area (Å²) in [5, 5.41) is 14.1. The van der Waals surface area contributed by atoms with Crippen LogP contribution in [0.25, 0.3) is 0 Å². The fourth-order valence-corrected chi connectivity index (χ4v) is 2.66. The fraction of sp³-hybridized carbons (Fsp3) is 0.750. The first-order chi connectivity index (χ1) is 8.46. The Labute approximate surface area is 112 Å². The summed E-state index contributed by atoms with van der Waals surface area (Å²) in [5.74, 6) is -0.550. The molecule has 6 heteroatoms. The first kappa shape index (κ1) is 15.0. The monoisotopic (exact) mass is 272 g/mol. The van der Waals surface area contributed by atoms with E-state index in [4.69, 9.17) is 17.3 Å². The Kier molecular flexibility index (Phi) is 5.22. The zero-order chi connectivity index (χ0) is 13.8. The van der Waals surface area contributed by atoms with Crippen molar-refractivity contribution in [1.82, 2.24) is 10.6 Å². The van der Waals surface area contributed by atoms with Crippen LogP contribution in [0.2, 0.25) is 0 Å². The van der Waals surface area contributed by atoms with Crippen molar-refractivity contribution in [2.75, 3.05) is 6.61 Å². The van der Waals surface area contributed by atoms with E-state index in [0.29, 0.717) is 6.42 Å². The van der Waals surface area contributed by atoms with Gasteiger partial charge in [0.2, 0.25) is 11.8 Å². The van der Waals surface area contributed by atoms with Crippen molar-refractivity contribution in [2.24, 2.45) is 11.3 Å². The molecular weight excluding hydrogens is 252 g/mol. The summed E-state index contributed by atoms with van der Waals surface area (Å²) in [7, 11) is 0. The second-order valence-electron chi connectivity index (χ2n) is 4.89. The van der Waals surface area contributed by atoms with Crippen molar-refractivity contribution in [3.05, 3.63) is 0 Å². The van der Waals surface area contributed by atoms with Gasteiger partial charge in [-0.1, -0.05) is 26.7 Å². The molecule has 0 spiro atoms. The van der Waals surface area contributed by atoms with E-state index in [0.717, 1.165) is 12.8 Å². The van der Waals surface area contributed by atoms with Gasteiger partial charge in [-0.05, 0) is 31.0 Å². The Balaban J connectivity index is 2.93. The molecule has 1 saturated heterocycles. The summed E-state index contributed by atoms with van der Waals surface area (Å²) in [6, 6.07) is 0. The predicted molar refractivity (Wildman–Crippen MR) is 71.7 cm³/mol. The summed E-state index contributed by atoms with van der Waals surface area (Å²) in [6.45, 7) is 3.87. The van der Waals surface area contributed by atoms with Gasteiger partial charge in [-0.2, -0.15) is 0 Å². The van der Waals surface area contributed by atoms with Gasteiger partial charge < -0.3 is 15.7 Å². The van der Waals surface area contributed by atoms with Crippen molar-refractivity contribution in [1.29, 1.82) is 0 Å². The Morgan fingerprint density at radius 2 is 1.89 bits per heavy atom. The second-order valence-corrected chi connectivity index (χ2v) is 5.30. The third kappa shape index (κ3) is 3.05. The average molecular weight is 272 g/mol. The number of aliphatic hydroxyl groups is 1. The molecule has 5 nitrogen and oxygen atoms in total. The highest BCUT2D eigenvalue weighted by atomic mass is 32.1. The Bertz CT molecular complexity index is 337. The quantitative estimate of drug-likeness (QED) is 0.491. The maximum Gasteiger partial charge on any atom is 0.241 e. The summed E-state index contributed by atoms with van der Waals surface area (Å²) in [5.41, 5.74) is -1.19. The van der Waals surface area contributed by atoms with Gasteiger partial charge in [0.15, 0.2) is 5.11 Å². The maximum absolute atomic E-state index is 12.1. The van der Waals surface area contributed by atoms with E-state index in [1.807, 2.05) is 6.92 Å². The average Bonchev–Trinajstić information content (AvgIpc) is 2.26. The molecule has 1 atom stereocenters. The molecule has 1 aliphatic heterocycles. The first-order valence-corrected chi connectivity index (χ1v) is 6.64. The van der Waals surface area contributed by atoms with Crippen LogP contribution in [0, 0.1) is 11.3 Å². The minimum absolute atomic E-state index is 0.0432. The number of rotatable bonds is 6. The lowest BCUT2D eigenvalue weighted by Crippen LogP contribution is -2.62. The van der Waals surface area contributed by atoms with E-state index < -0.39 is 17.2 Å². The molecule has 1 aliphatic rings. The molecule has 1 fully saturated rings. The highest BCUT2D eigenvalue weighted by Crippen LogP contribution is 2.34. The van der Waals surface area contributed by atoms with Crippen LogP contribution in [-0.2, 0) is 9.59 Å². The van der Waals surface area contributed by atoms with Crippen LogP contribution in [0.1, 0.15) is 39.5 Å². The van der Waals surface area contributed by atoms with Gasteiger partial charge in [0.1, 0.15) is 5.41 Å². The van der Waals surface area contributed by atoms with Crippen LogP contribution < -0.4 is 10.6 Å². The van der Waals surface area contributed by atoms with Crippen LogP contribution >= 0.6 is 12.2 Å². The molecular formula is C12H20N2O3S. The number of hydrogen-bond acceptors (Lipinski definition) is 4. The minimum Gasteiger partial charge on any atom is -0.396 e. The molecule has 1 rings (SSSR count). The molecule has 0 radical (unpaired) electrons. The SMILES string of the molecule is CCC[C@H](C)CC1(CCO)C(=O)NC(=S)NC1=O. The van der Waals surface area contributed by atoms with E-state index in [1.54, 1.807) is 0 Å². The molecule has 18 heavy (non-hydrogen) atoms. The molecule has 0 aromatic heterocycles. The molecule has 1 heterocycles. The number of carbonyl (C=O) groups excluding carboxylic acids is 2. The topological polar surface area (TPSA) is 78.4 Å². The van der Waals surface area contributed by atoms with Crippen molar-refractivity contribution >= 4 is 29.1 Å². The lowest BCUT2D eigenvalue weighted by Gasteiger charge is -2.36. The molecule has 0 bridgehead atoms. The largest absolute Gasteiger partial charge is 0.396 e. The maximum atomic E-state index is 12.1. The lowest BCUT2D eigenvalue weighted by molar-refractivity contribution is -0.146. The number of aliphatic hydroxyl groups excluding tert-OH is 1. The van der Waals surface area contributed by atoms with Crippen molar-refractivity contribution in [3.63, 3.8) is 0 Å².